The Labute approximate surface area is 166 Å². The number of anilines is 1. The van der Waals surface area contributed by atoms with Gasteiger partial charge in [-0.05, 0) is 68.4 Å². The van der Waals surface area contributed by atoms with Crippen LogP contribution in [0.2, 0.25) is 0 Å². The van der Waals surface area contributed by atoms with Crippen LogP contribution >= 0.6 is 0 Å². The summed E-state index contributed by atoms with van der Waals surface area (Å²) in [7, 11) is -3.55. The SMILES string of the molecule is C[C@H]1Cc2cc(S(=O)(=O)NCCCc3ccccc3)ccc2N1C(=O)C1CC1. The number of carbonyl (C=O) groups excluding carboxylic acids is 1. The number of fused-ring (bicyclic) bond motifs is 1. The molecule has 0 spiro atoms. The van der Waals surface area contributed by atoms with Crippen molar-refractivity contribution in [2.45, 2.75) is 50.0 Å². The second-order valence-corrected chi connectivity index (χ2v) is 9.58. The smallest absolute Gasteiger partial charge is 0.240 e. The predicted octanol–water partition coefficient (Wildman–Crippen LogP) is 3.29. The molecule has 0 unspecified atom stereocenters. The quantitative estimate of drug-likeness (QED) is 0.728. The Bertz CT molecular complexity index is 969. The minimum Gasteiger partial charge on any atom is -0.309 e. The number of nitrogens with zero attached hydrogens (tertiary/aromatic N) is 1. The third kappa shape index (κ3) is 3.98. The summed E-state index contributed by atoms with van der Waals surface area (Å²) in [5.41, 5.74) is 3.01. The molecule has 2 aromatic carbocycles. The first-order valence-corrected chi connectivity index (χ1v) is 11.4. The van der Waals surface area contributed by atoms with E-state index in [-0.39, 0.29) is 22.8 Å². The van der Waals surface area contributed by atoms with Crippen molar-refractivity contribution in [1.29, 1.82) is 0 Å². The number of hydrogen-bond donors (Lipinski definition) is 1. The van der Waals surface area contributed by atoms with Crippen molar-refractivity contribution in [2.24, 2.45) is 5.92 Å². The fourth-order valence-electron chi connectivity index (χ4n) is 3.86. The average molecular weight is 399 g/mol. The number of rotatable bonds is 7. The summed E-state index contributed by atoms with van der Waals surface area (Å²) >= 11 is 0. The summed E-state index contributed by atoms with van der Waals surface area (Å²) in [6.45, 7) is 2.42. The molecular formula is C22H26N2O3S. The lowest BCUT2D eigenvalue weighted by atomic mass is 10.1. The van der Waals surface area contributed by atoms with Gasteiger partial charge in [0.2, 0.25) is 15.9 Å². The van der Waals surface area contributed by atoms with Crippen molar-refractivity contribution in [2.75, 3.05) is 11.4 Å². The standard InChI is InChI=1S/C22H26N2O3S/c1-16-14-19-15-20(11-12-21(19)24(16)22(25)18-9-10-18)28(26,27)23-13-5-8-17-6-3-2-4-7-17/h2-4,6-7,11-12,15-16,18,23H,5,8-10,13-14H2,1H3/t16-/m0/s1. The van der Waals surface area contributed by atoms with Crippen molar-refractivity contribution in [3.05, 3.63) is 59.7 Å². The van der Waals surface area contributed by atoms with Gasteiger partial charge >= 0.3 is 0 Å². The van der Waals surface area contributed by atoms with Crippen LogP contribution in [0.5, 0.6) is 0 Å². The average Bonchev–Trinajstić information content (AvgIpc) is 3.47. The normalized spacial score (nSPS) is 18.9. The lowest BCUT2D eigenvalue weighted by Crippen LogP contribution is -2.36. The molecule has 5 nitrogen and oxygen atoms in total. The molecule has 6 heteroatoms. The van der Waals surface area contributed by atoms with Crippen molar-refractivity contribution in [1.82, 2.24) is 4.72 Å². The number of benzene rings is 2. The molecule has 1 amide bonds. The van der Waals surface area contributed by atoms with Gasteiger partial charge in [0.15, 0.2) is 0 Å². The van der Waals surface area contributed by atoms with Crippen LogP contribution in [0.4, 0.5) is 5.69 Å². The van der Waals surface area contributed by atoms with Crippen molar-refractivity contribution >= 4 is 21.6 Å². The van der Waals surface area contributed by atoms with E-state index in [0.717, 1.165) is 36.9 Å². The van der Waals surface area contributed by atoms with E-state index < -0.39 is 10.0 Å². The predicted molar refractivity (Wildman–Crippen MR) is 110 cm³/mol. The summed E-state index contributed by atoms with van der Waals surface area (Å²) in [5, 5.41) is 0. The molecule has 2 aromatic rings. The molecule has 1 aliphatic heterocycles. The van der Waals surface area contributed by atoms with Crippen molar-refractivity contribution in [3.8, 4) is 0 Å². The van der Waals surface area contributed by atoms with Crippen LogP contribution in [0, 0.1) is 5.92 Å². The van der Waals surface area contributed by atoms with Crippen LogP contribution in [0.25, 0.3) is 0 Å². The number of sulfonamides is 1. The molecule has 28 heavy (non-hydrogen) atoms. The minimum absolute atomic E-state index is 0.0832. The van der Waals surface area contributed by atoms with Crippen LogP contribution in [-0.4, -0.2) is 26.9 Å². The number of carbonyl (C=O) groups is 1. The Hall–Kier alpha value is -2.18. The molecular weight excluding hydrogens is 372 g/mol. The molecule has 0 aromatic heterocycles. The number of nitrogens with one attached hydrogen (secondary N) is 1. The molecule has 1 heterocycles. The molecule has 1 atom stereocenters. The molecule has 0 bridgehead atoms. The highest BCUT2D eigenvalue weighted by Gasteiger charge is 2.39. The maximum absolute atomic E-state index is 12.7. The van der Waals surface area contributed by atoms with E-state index >= 15 is 0 Å². The Morgan fingerprint density at radius 1 is 1.14 bits per heavy atom. The minimum atomic E-state index is -3.55. The van der Waals surface area contributed by atoms with Crippen molar-refractivity contribution < 1.29 is 13.2 Å². The molecule has 1 N–H and O–H groups in total. The number of hydrogen-bond acceptors (Lipinski definition) is 3. The topological polar surface area (TPSA) is 66.5 Å². The van der Waals surface area contributed by atoms with E-state index in [2.05, 4.69) is 4.72 Å². The first-order valence-electron chi connectivity index (χ1n) is 9.95. The lowest BCUT2D eigenvalue weighted by Gasteiger charge is -2.22. The molecule has 1 fully saturated rings. The molecule has 148 valence electrons. The highest BCUT2D eigenvalue weighted by Crippen LogP contribution is 2.39. The summed E-state index contributed by atoms with van der Waals surface area (Å²) in [6.07, 6.45) is 4.22. The number of amides is 1. The summed E-state index contributed by atoms with van der Waals surface area (Å²) in [5.74, 6) is 0.337. The zero-order valence-electron chi connectivity index (χ0n) is 16.1. The van der Waals surface area contributed by atoms with Crippen LogP contribution in [-0.2, 0) is 27.7 Å². The van der Waals surface area contributed by atoms with Gasteiger partial charge in [-0.3, -0.25) is 4.79 Å². The van der Waals surface area contributed by atoms with Gasteiger partial charge in [-0.1, -0.05) is 30.3 Å². The van der Waals surface area contributed by atoms with Gasteiger partial charge in [-0.25, -0.2) is 13.1 Å². The highest BCUT2D eigenvalue weighted by atomic mass is 32.2. The first kappa shape index (κ1) is 19.2. The van der Waals surface area contributed by atoms with E-state index in [1.54, 1.807) is 18.2 Å². The summed E-state index contributed by atoms with van der Waals surface area (Å²) in [6, 6.07) is 15.3. The van der Waals surface area contributed by atoms with Gasteiger partial charge in [0.1, 0.15) is 0 Å². The van der Waals surface area contributed by atoms with E-state index in [1.807, 2.05) is 42.2 Å². The van der Waals surface area contributed by atoms with E-state index in [9.17, 15) is 13.2 Å². The summed E-state index contributed by atoms with van der Waals surface area (Å²) < 4.78 is 28.0. The molecule has 0 saturated heterocycles. The van der Waals surface area contributed by atoms with Crippen molar-refractivity contribution in [3.63, 3.8) is 0 Å². The van der Waals surface area contributed by atoms with E-state index in [0.29, 0.717) is 13.0 Å². The maximum atomic E-state index is 12.7. The van der Waals surface area contributed by atoms with Gasteiger partial charge in [0, 0.05) is 24.2 Å². The Kier molecular flexibility index (Phi) is 5.25. The largest absolute Gasteiger partial charge is 0.309 e. The van der Waals surface area contributed by atoms with Gasteiger partial charge in [-0.2, -0.15) is 0 Å². The monoisotopic (exact) mass is 398 g/mol. The maximum Gasteiger partial charge on any atom is 0.240 e. The fourth-order valence-corrected chi connectivity index (χ4v) is 4.99. The lowest BCUT2D eigenvalue weighted by molar-refractivity contribution is -0.120. The Morgan fingerprint density at radius 2 is 1.89 bits per heavy atom. The van der Waals surface area contributed by atoms with Gasteiger partial charge in [0.25, 0.3) is 0 Å². The fraction of sp³-hybridized carbons (Fsp3) is 0.409. The zero-order chi connectivity index (χ0) is 19.7. The summed E-state index contributed by atoms with van der Waals surface area (Å²) in [4.78, 5) is 14.7. The van der Waals surface area contributed by atoms with Crippen LogP contribution in [0.1, 0.15) is 37.3 Å². The van der Waals surface area contributed by atoms with Gasteiger partial charge in [0.05, 0.1) is 4.90 Å². The molecule has 2 aliphatic rings. The molecule has 1 saturated carbocycles. The number of aryl methyl sites for hydroxylation is 1. The molecule has 1 aliphatic carbocycles. The molecule has 0 radical (unpaired) electrons. The van der Waals surface area contributed by atoms with E-state index in [4.69, 9.17) is 0 Å². The van der Waals surface area contributed by atoms with E-state index in [1.165, 1.54) is 5.56 Å². The second kappa shape index (κ2) is 7.68. The second-order valence-electron chi connectivity index (χ2n) is 7.81. The highest BCUT2D eigenvalue weighted by molar-refractivity contribution is 7.89. The zero-order valence-corrected chi connectivity index (χ0v) is 16.9. The van der Waals surface area contributed by atoms with Crippen LogP contribution < -0.4 is 9.62 Å². The first-order chi connectivity index (χ1) is 13.5. The molecule has 4 rings (SSSR count). The van der Waals surface area contributed by atoms with Gasteiger partial charge in [-0.15, -0.1) is 0 Å². The van der Waals surface area contributed by atoms with Gasteiger partial charge < -0.3 is 4.90 Å². The third-order valence-electron chi connectivity index (χ3n) is 5.52. The third-order valence-corrected chi connectivity index (χ3v) is 6.98. The van der Waals surface area contributed by atoms with Crippen LogP contribution in [0.15, 0.2) is 53.4 Å². The Balaban J connectivity index is 1.41. The Morgan fingerprint density at radius 3 is 2.61 bits per heavy atom. The van der Waals surface area contributed by atoms with Crippen LogP contribution in [0.3, 0.4) is 0 Å².